The van der Waals surface area contributed by atoms with Gasteiger partial charge >= 0.3 is 5.97 Å². The molecule has 16 heavy (non-hydrogen) atoms. The molecule has 0 fully saturated rings. The van der Waals surface area contributed by atoms with Crippen molar-refractivity contribution in [3.05, 3.63) is 41.5 Å². The van der Waals surface area contributed by atoms with Crippen LogP contribution < -0.4 is 0 Å². The lowest BCUT2D eigenvalue weighted by molar-refractivity contribution is 0.0599. The molecule has 0 saturated heterocycles. The summed E-state index contributed by atoms with van der Waals surface area (Å²) in [6.45, 7) is 0.710. The first kappa shape index (κ1) is 10.7. The molecule has 3 heteroatoms. The molecule has 1 aromatic rings. The minimum atomic E-state index is -0.328. The Balaban J connectivity index is 2.39. The molecule has 0 radical (unpaired) electrons. The van der Waals surface area contributed by atoms with E-state index >= 15 is 0 Å². The zero-order chi connectivity index (χ0) is 11.4. The van der Waals surface area contributed by atoms with Crippen LogP contribution in [0.5, 0.6) is 0 Å². The van der Waals surface area contributed by atoms with E-state index in [9.17, 15) is 4.79 Å². The minimum absolute atomic E-state index is 0.328. The van der Waals surface area contributed by atoms with Gasteiger partial charge in [0, 0.05) is 5.56 Å². The van der Waals surface area contributed by atoms with Gasteiger partial charge in [-0.1, -0.05) is 18.2 Å². The fraction of sp³-hybridized carbons (Fsp3) is 0.308. The van der Waals surface area contributed by atoms with Crippen LogP contribution in [0.25, 0.3) is 5.76 Å². The normalized spacial score (nSPS) is 14.9. The average Bonchev–Trinajstić information content (AvgIpc) is 2.39. The second-order valence-corrected chi connectivity index (χ2v) is 3.60. The summed E-state index contributed by atoms with van der Waals surface area (Å²) in [5.74, 6) is 0.456. The summed E-state index contributed by atoms with van der Waals surface area (Å²) < 4.78 is 10.3. The van der Waals surface area contributed by atoms with Gasteiger partial charge < -0.3 is 9.47 Å². The first-order valence-electron chi connectivity index (χ1n) is 5.33. The van der Waals surface area contributed by atoms with E-state index in [-0.39, 0.29) is 5.97 Å². The topological polar surface area (TPSA) is 35.5 Å². The Morgan fingerprint density at radius 3 is 2.88 bits per heavy atom. The minimum Gasteiger partial charge on any atom is -0.493 e. The van der Waals surface area contributed by atoms with Gasteiger partial charge in [0.1, 0.15) is 5.76 Å². The maximum Gasteiger partial charge on any atom is 0.338 e. The maximum atomic E-state index is 11.6. The summed E-state index contributed by atoms with van der Waals surface area (Å²) in [5, 5.41) is 0. The van der Waals surface area contributed by atoms with E-state index in [0.29, 0.717) is 12.2 Å². The van der Waals surface area contributed by atoms with Crippen molar-refractivity contribution in [2.24, 2.45) is 0 Å². The van der Waals surface area contributed by atoms with Crippen LogP contribution in [0.15, 0.2) is 30.3 Å². The number of hydrogen-bond acceptors (Lipinski definition) is 3. The van der Waals surface area contributed by atoms with Gasteiger partial charge in [-0.25, -0.2) is 4.79 Å². The molecular formula is C13H14O3. The van der Waals surface area contributed by atoms with Gasteiger partial charge in [0.15, 0.2) is 0 Å². The molecule has 0 atom stereocenters. The van der Waals surface area contributed by atoms with Crippen molar-refractivity contribution in [2.75, 3.05) is 13.7 Å². The van der Waals surface area contributed by atoms with E-state index in [0.717, 1.165) is 24.2 Å². The van der Waals surface area contributed by atoms with Gasteiger partial charge in [0.05, 0.1) is 19.3 Å². The monoisotopic (exact) mass is 218 g/mol. The van der Waals surface area contributed by atoms with E-state index in [1.165, 1.54) is 7.11 Å². The van der Waals surface area contributed by atoms with Gasteiger partial charge in [-0.3, -0.25) is 0 Å². The zero-order valence-electron chi connectivity index (χ0n) is 9.23. The number of methoxy groups -OCH3 is 1. The highest BCUT2D eigenvalue weighted by atomic mass is 16.5. The number of carbonyl (C=O) groups is 1. The molecule has 1 aromatic carbocycles. The van der Waals surface area contributed by atoms with Crippen molar-refractivity contribution in [1.82, 2.24) is 0 Å². The number of benzene rings is 1. The molecule has 0 amide bonds. The van der Waals surface area contributed by atoms with E-state index in [1.54, 1.807) is 6.07 Å². The van der Waals surface area contributed by atoms with Crippen molar-refractivity contribution in [3.8, 4) is 0 Å². The number of ether oxygens (including phenoxy) is 2. The molecule has 0 bridgehead atoms. The van der Waals surface area contributed by atoms with Crippen LogP contribution in [0, 0.1) is 0 Å². The highest BCUT2D eigenvalue weighted by molar-refractivity contribution is 5.94. The van der Waals surface area contributed by atoms with Crippen molar-refractivity contribution >= 4 is 11.7 Å². The van der Waals surface area contributed by atoms with E-state index < -0.39 is 0 Å². The molecule has 0 saturated carbocycles. The standard InChI is InChI=1S/C13H14O3/c1-15-13(14)11-7-3-2-6-10(11)12-8-4-5-9-16-12/h2-3,6-8H,4-5,9H2,1H3. The molecule has 84 valence electrons. The third kappa shape index (κ3) is 2.08. The van der Waals surface area contributed by atoms with Crippen molar-refractivity contribution in [1.29, 1.82) is 0 Å². The maximum absolute atomic E-state index is 11.6. The number of esters is 1. The molecule has 0 aliphatic carbocycles. The highest BCUT2D eigenvalue weighted by Crippen LogP contribution is 2.24. The molecule has 1 aliphatic heterocycles. The molecule has 2 rings (SSSR count). The quantitative estimate of drug-likeness (QED) is 0.716. The largest absolute Gasteiger partial charge is 0.493 e. The predicted molar refractivity (Wildman–Crippen MR) is 60.9 cm³/mol. The summed E-state index contributed by atoms with van der Waals surface area (Å²) in [7, 11) is 1.38. The molecular weight excluding hydrogens is 204 g/mol. The number of allylic oxidation sites excluding steroid dienone is 1. The van der Waals surface area contributed by atoms with Crippen LogP contribution in [0.2, 0.25) is 0 Å². The second-order valence-electron chi connectivity index (χ2n) is 3.60. The predicted octanol–water partition coefficient (Wildman–Crippen LogP) is 2.62. The van der Waals surface area contributed by atoms with Crippen molar-refractivity contribution in [2.45, 2.75) is 12.8 Å². The lowest BCUT2D eigenvalue weighted by Crippen LogP contribution is -2.08. The third-order valence-electron chi connectivity index (χ3n) is 2.53. The summed E-state index contributed by atoms with van der Waals surface area (Å²) in [6, 6.07) is 7.34. The van der Waals surface area contributed by atoms with Crippen molar-refractivity contribution in [3.63, 3.8) is 0 Å². The fourth-order valence-electron chi connectivity index (χ4n) is 1.73. The van der Waals surface area contributed by atoms with Gasteiger partial charge in [-0.05, 0) is 25.0 Å². The fourth-order valence-corrected chi connectivity index (χ4v) is 1.73. The van der Waals surface area contributed by atoms with Crippen LogP contribution in [0.3, 0.4) is 0 Å². The number of hydrogen-bond donors (Lipinski definition) is 0. The summed E-state index contributed by atoms with van der Waals surface area (Å²) >= 11 is 0. The lowest BCUT2D eigenvalue weighted by atomic mass is 10.0. The first-order chi connectivity index (χ1) is 7.83. The number of rotatable bonds is 2. The molecule has 1 aliphatic rings. The van der Waals surface area contributed by atoms with Crippen LogP contribution in [0.4, 0.5) is 0 Å². The second kappa shape index (κ2) is 4.84. The van der Waals surface area contributed by atoms with Gasteiger partial charge in [0.2, 0.25) is 0 Å². The van der Waals surface area contributed by atoms with Crippen LogP contribution in [-0.4, -0.2) is 19.7 Å². The molecule has 3 nitrogen and oxygen atoms in total. The van der Waals surface area contributed by atoms with Crippen LogP contribution in [-0.2, 0) is 9.47 Å². The third-order valence-corrected chi connectivity index (χ3v) is 2.53. The van der Waals surface area contributed by atoms with Gasteiger partial charge in [0.25, 0.3) is 0 Å². The first-order valence-corrected chi connectivity index (χ1v) is 5.33. The highest BCUT2D eigenvalue weighted by Gasteiger charge is 2.16. The summed E-state index contributed by atoms with van der Waals surface area (Å²) in [6.07, 6.45) is 4.04. The molecule has 0 unspecified atom stereocenters. The molecule has 1 heterocycles. The summed E-state index contributed by atoms with van der Waals surface area (Å²) in [5.41, 5.74) is 1.37. The van der Waals surface area contributed by atoms with E-state index in [2.05, 4.69) is 0 Å². The smallest absolute Gasteiger partial charge is 0.338 e. The lowest BCUT2D eigenvalue weighted by Gasteiger charge is -2.16. The Morgan fingerprint density at radius 1 is 1.38 bits per heavy atom. The Bertz CT molecular complexity index is 421. The van der Waals surface area contributed by atoms with Crippen LogP contribution >= 0.6 is 0 Å². The Hall–Kier alpha value is -1.77. The average molecular weight is 218 g/mol. The Kier molecular flexibility index (Phi) is 3.25. The molecule has 0 spiro atoms. The van der Waals surface area contributed by atoms with Gasteiger partial charge in [-0.15, -0.1) is 0 Å². The van der Waals surface area contributed by atoms with Crippen LogP contribution in [0.1, 0.15) is 28.8 Å². The summed E-state index contributed by atoms with van der Waals surface area (Å²) in [4.78, 5) is 11.6. The SMILES string of the molecule is COC(=O)c1ccccc1C1=CCCCO1. The van der Waals surface area contributed by atoms with E-state index in [1.807, 2.05) is 24.3 Å². The zero-order valence-corrected chi connectivity index (χ0v) is 9.23. The molecule has 0 N–H and O–H groups in total. The van der Waals surface area contributed by atoms with Gasteiger partial charge in [-0.2, -0.15) is 0 Å². The van der Waals surface area contributed by atoms with E-state index in [4.69, 9.17) is 9.47 Å². The van der Waals surface area contributed by atoms with Crippen molar-refractivity contribution < 1.29 is 14.3 Å². The Labute approximate surface area is 94.7 Å². The molecule has 0 aromatic heterocycles. The Morgan fingerprint density at radius 2 is 2.19 bits per heavy atom. The number of carbonyl (C=O) groups excluding carboxylic acids is 1.